The zero-order valence-electron chi connectivity index (χ0n) is 10.6. The molecule has 0 atom stereocenters. The van der Waals surface area contributed by atoms with Crippen LogP contribution in [0.2, 0.25) is 0 Å². The van der Waals surface area contributed by atoms with Gasteiger partial charge < -0.3 is 4.74 Å². The molecule has 3 nitrogen and oxygen atoms in total. The van der Waals surface area contributed by atoms with Crippen LogP contribution in [0.15, 0.2) is 36.4 Å². The van der Waals surface area contributed by atoms with Gasteiger partial charge in [-0.2, -0.15) is 5.26 Å². The van der Waals surface area contributed by atoms with Crippen LogP contribution in [-0.4, -0.2) is 12.4 Å². The number of benzene rings is 2. The maximum absolute atomic E-state index is 13.5. The minimum absolute atomic E-state index is 0.0892. The highest BCUT2D eigenvalue weighted by Gasteiger charge is 2.18. The van der Waals surface area contributed by atoms with Crippen molar-refractivity contribution in [1.29, 1.82) is 5.26 Å². The average Bonchev–Trinajstić information content (AvgIpc) is 2.45. The largest absolute Gasteiger partial charge is 0.482 e. The lowest BCUT2D eigenvalue weighted by Crippen LogP contribution is -2.15. The molecule has 0 aliphatic heterocycles. The summed E-state index contributed by atoms with van der Waals surface area (Å²) in [5.74, 6) is -4.09. The fraction of sp³-hybridized carbons (Fsp3) is 0.0667. The van der Waals surface area contributed by atoms with Crippen molar-refractivity contribution in [2.75, 3.05) is 6.61 Å². The number of ether oxygens (including phenoxy) is 1. The summed E-state index contributed by atoms with van der Waals surface area (Å²) in [6.07, 6.45) is 0. The summed E-state index contributed by atoms with van der Waals surface area (Å²) in [6.45, 7) is -0.722. The minimum Gasteiger partial charge on any atom is -0.482 e. The van der Waals surface area contributed by atoms with Gasteiger partial charge in [0.25, 0.3) is 0 Å². The Morgan fingerprint density at radius 3 is 2.33 bits per heavy atom. The fourth-order valence-electron chi connectivity index (χ4n) is 1.67. The molecule has 0 aliphatic rings. The van der Waals surface area contributed by atoms with E-state index in [1.807, 2.05) is 0 Å². The van der Waals surface area contributed by atoms with Crippen molar-refractivity contribution in [3.63, 3.8) is 0 Å². The normalized spacial score (nSPS) is 10.0. The summed E-state index contributed by atoms with van der Waals surface area (Å²) < 4.78 is 45.2. The van der Waals surface area contributed by atoms with E-state index < -0.39 is 35.4 Å². The Balaban J connectivity index is 2.13. The number of carbonyl (C=O) groups is 1. The lowest BCUT2D eigenvalue weighted by atomic mass is 10.1. The van der Waals surface area contributed by atoms with E-state index in [0.29, 0.717) is 0 Å². The van der Waals surface area contributed by atoms with E-state index >= 15 is 0 Å². The van der Waals surface area contributed by atoms with Gasteiger partial charge in [0.15, 0.2) is 18.2 Å². The van der Waals surface area contributed by atoms with Crippen LogP contribution in [0, 0.1) is 28.8 Å². The minimum atomic E-state index is -1.01. The number of hydrogen-bond acceptors (Lipinski definition) is 3. The number of ketones is 1. The van der Waals surface area contributed by atoms with Crippen LogP contribution >= 0.6 is 0 Å². The van der Waals surface area contributed by atoms with Crippen molar-refractivity contribution in [2.45, 2.75) is 0 Å². The van der Waals surface area contributed by atoms with E-state index in [0.717, 1.165) is 24.3 Å². The maximum Gasteiger partial charge on any atom is 0.206 e. The third-order valence-corrected chi connectivity index (χ3v) is 2.66. The molecule has 0 saturated carbocycles. The second-order valence-corrected chi connectivity index (χ2v) is 4.07. The summed E-state index contributed by atoms with van der Waals surface area (Å²) >= 11 is 0. The Morgan fingerprint density at radius 1 is 1.10 bits per heavy atom. The van der Waals surface area contributed by atoms with Gasteiger partial charge in [-0.25, -0.2) is 13.2 Å². The molecule has 0 radical (unpaired) electrons. The predicted octanol–water partition coefficient (Wildman–Crippen LogP) is 3.24. The lowest BCUT2D eigenvalue weighted by molar-refractivity contribution is 0.0910. The Morgan fingerprint density at radius 2 is 1.76 bits per heavy atom. The average molecular weight is 291 g/mol. The molecule has 0 amide bonds. The fourth-order valence-corrected chi connectivity index (χ4v) is 1.67. The molecule has 2 rings (SSSR count). The molecule has 0 spiro atoms. The van der Waals surface area contributed by atoms with Crippen molar-refractivity contribution in [2.24, 2.45) is 0 Å². The Kier molecular flexibility index (Phi) is 4.24. The summed E-state index contributed by atoms with van der Waals surface area (Å²) in [5, 5.41) is 8.59. The van der Waals surface area contributed by atoms with Crippen LogP contribution in [0.3, 0.4) is 0 Å². The second-order valence-electron chi connectivity index (χ2n) is 4.07. The van der Waals surface area contributed by atoms with Gasteiger partial charge in [0.2, 0.25) is 5.78 Å². The number of hydrogen-bond donors (Lipinski definition) is 0. The first kappa shape index (κ1) is 14.6. The van der Waals surface area contributed by atoms with Gasteiger partial charge >= 0.3 is 0 Å². The number of Topliss-reactive ketones (excluding diaryl/α,β-unsaturated/α-hetero) is 1. The molecule has 2 aromatic rings. The first-order valence-electron chi connectivity index (χ1n) is 5.82. The molecule has 0 saturated heterocycles. The Hall–Kier alpha value is -2.81. The molecule has 106 valence electrons. The number of nitriles is 1. The van der Waals surface area contributed by atoms with E-state index in [-0.39, 0.29) is 11.3 Å². The van der Waals surface area contributed by atoms with Gasteiger partial charge in [0.05, 0.1) is 17.2 Å². The molecule has 0 heterocycles. The zero-order valence-corrected chi connectivity index (χ0v) is 10.6. The van der Waals surface area contributed by atoms with Crippen LogP contribution in [0.5, 0.6) is 5.75 Å². The molecule has 2 aromatic carbocycles. The second kappa shape index (κ2) is 6.09. The van der Waals surface area contributed by atoms with Gasteiger partial charge in [-0.05, 0) is 30.3 Å². The smallest absolute Gasteiger partial charge is 0.206 e. The van der Waals surface area contributed by atoms with E-state index in [1.54, 1.807) is 6.07 Å². The van der Waals surface area contributed by atoms with Crippen molar-refractivity contribution in [3.8, 4) is 11.8 Å². The molecule has 0 bridgehead atoms. The highest BCUT2D eigenvalue weighted by molar-refractivity contribution is 5.97. The monoisotopic (exact) mass is 291 g/mol. The van der Waals surface area contributed by atoms with Crippen LogP contribution in [0.1, 0.15) is 15.9 Å². The van der Waals surface area contributed by atoms with E-state index in [1.165, 1.54) is 12.1 Å². The van der Waals surface area contributed by atoms with E-state index in [4.69, 9.17) is 10.00 Å². The topological polar surface area (TPSA) is 50.1 Å². The number of carbonyl (C=O) groups excluding carboxylic acids is 1. The molecule has 0 fully saturated rings. The summed E-state index contributed by atoms with van der Waals surface area (Å²) in [4.78, 5) is 11.7. The first-order valence-corrected chi connectivity index (χ1v) is 5.82. The highest BCUT2D eigenvalue weighted by atomic mass is 19.1. The van der Waals surface area contributed by atoms with Crippen LogP contribution in [0.25, 0.3) is 0 Å². The summed E-state index contributed by atoms with van der Waals surface area (Å²) in [6, 6.07) is 8.15. The molecule has 0 unspecified atom stereocenters. The Bertz CT molecular complexity index is 718. The molecule has 0 aliphatic carbocycles. The summed E-state index contributed by atoms with van der Waals surface area (Å²) in [5.41, 5.74) is -0.641. The number of nitrogens with zero attached hydrogens (tertiary/aromatic N) is 1. The maximum atomic E-state index is 13.5. The molecule has 0 aromatic heterocycles. The van der Waals surface area contributed by atoms with E-state index in [9.17, 15) is 18.0 Å². The molecule has 21 heavy (non-hydrogen) atoms. The van der Waals surface area contributed by atoms with Gasteiger partial charge in [-0.3, -0.25) is 4.79 Å². The van der Waals surface area contributed by atoms with Crippen molar-refractivity contribution in [3.05, 3.63) is 65.0 Å². The van der Waals surface area contributed by atoms with Crippen molar-refractivity contribution in [1.82, 2.24) is 0 Å². The standard InChI is InChI=1S/C15H8F3NO2/c16-10-2-1-3-11(17)15(10)13(20)8-21-14-5-4-9(7-19)6-12(14)18/h1-6H,8H2. The van der Waals surface area contributed by atoms with Crippen molar-refractivity contribution >= 4 is 5.78 Å². The van der Waals surface area contributed by atoms with Crippen LogP contribution < -0.4 is 4.74 Å². The number of halogens is 3. The van der Waals surface area contributed by atoms with E-state index in [2.05, 4.69) is 0 Å². The van der Waals surface area contributed by atoms with Gasteiger partial charge in [0, 0.05) is 0 Å². The number of rotatable bonds is 4. The molecular formula is C15H8F3NO2. The van der Waals surface area contributed by atoms with Crippen LogP contribution in [-0.2, 0) is 0 Å². The third-order valence-electron chi connectivity index (χ3n) is 2.66. The SMILES string of the molecule is N#Cc1ccc(OCC(=O)c2c(F)cccc2F)c(F)c1. The van der Waals surface area contributed by atoms with Gasteiger partial charge in [-0.15, -0.1) is 0 Å². The quantitative estimate of drug-likeness (QED) is 0.813. The lowest BCUT2D eigenvalue weighted by Gasteiger charge is -2.08. The first-order chi connectivity index (χ1) is 10.0. The van der Waals surface area contributed by atoms with Crippen LogP contribution in [0.4, 0.5) is 13.2 Å². The molecular weight excluding hydrogens is 283 g/mol. The highest BCUT2D eigenvalue weighted by Crippen LogP contribution is 2.19. The van der Waals surface area contributed by atoms with Gasteiger partial charge in [-0.1, -0.05) is 6.07 Å². The van der Waals surface area contributed by atoms with Gasteiger partial charge in [0.1, 0.15) is 11.6 Å². The van der Waals surface area contributed by atoms with Crippen molar-refractivity contribution < 1.29 is 22.7 Å². The Labute approximate surface area is 118 Å². The summed E-state index contributed by atoms with van der Waals surface area (Å²) in [7, 11) is 0. The molecule has 6 heteroatoms. The zero-order chi connectivity index (χ0) is 15.4. The third kappa shape index (κ3) is 3.20. The predicted molar refractivity (Wildman–Crippen MR) is 67.3 cm³/mol. The molecule has 0 N–H and O–H groups in total.